The van der Waals surface area contributed by atoms with Crippen molar-refractivity contribution in [1.29, 1.82) is 0 Å². The molecule has 3 rings (SSSR count). The minimum absolute atomic E-state index is 0.0239. The number of halogens is 1. The van der Waals surface area contributed by atoms with E-state index >= 15 is 0 Å². The summed E-state index contributed by atoms with van der Waals surface area (Å²) >= 11 is 0. The van der Waals surface area contributed by atoms with Crippen LogP contribution in [0, 0.1) is 11.7 Å². The summed E-state index contributed by atoms with van der Waals surface area (Å²) in [5, 5.41) is 13.0. The second-order valence-corrected chi connectivity index (χ2v) is 6.84. The van der Waals surface area contributed by atoms with E-state index in [2.05, 4.69) is 5.32 Å². The Morgan fingerprint density at radius 2 is 2.08 bits per heavy atom. The standard InChI is InChI=1S/C18H24FN3O4/c19-14-6-5-11(9-13(14)17(20)24)21-18(25)22-7-8-26-10-15(22)12-3-1-2-4-16(12)23/h5-6,9,12,15-16,23H,1-4,7-8,10H2,(H2,20,24)(H,21,25). The first kappa shape index (κ1) is 18.6. The maximum atomic E-state index is 13.6. The van der Waals surface area contributed by atoms with Crippen molar-refractivity contribution in [3.8, 4) is 0 Å². The van der Waals surface area contributed by atoms with Crippen molar-refractivity contribution in [2.24, 2.45) is 11.7 Å². The molecule has 1 aliphatic heterocycles. The summed E-state index contributed by atoms with van der Waals surface area (Å²) < 4.78 is 19.1. The third kappa shape index (κ3) is 3.96. The SMILES string of the molecule is NC(=O)c1cc(NC(=O)N2CCOCC2C2CCCCC2O)ccc1F. The Hall–Kier alpha value is -2.19. The summed E-state index contributed by atoms with van der Waals surface area (Å²) in [5.41, 5.74) is 5.16. The summed E-state index contributed by atoms with van der Waals surface area (Å²) in [6, 6.07) is 3.12. The predicted molar refractivity (Wildman–Crippen MR) is 93.2 cm³/mol. The summed E-state index contributed by atoms with van der Waals surface area (Å²) in [6.07, 6.45) is 3.15. The maximum absolute atomic E-state index is 13.6. The number of carbonyl (C=O) groups is 2. The summed E-state index contributed by atoms with van der Waals surface area (Å²) in [7, 11) is 0. The number of urea groups is 1. The van der Waals surface area contributed by atoms with Crippen LogP contribution in [-0.4, -0.2) is 53.8 Å². The Balaban J connectivity index is 1.74. The van der Waals surface area contributed by atoms with Crippen LogP contribution in [0.5, 0.6) is 0 Å². The van der Waals surface area contributed by atoms with Gasteiger partial charge in [-0.2, -0.15) is 0 Å². The van der Waals surface area contributed by atoms with Crippen LogP contribution in [0.4, 0.5) is 14.9 Å². The molecular weight excluding hydrogens is 341 g/mol. The van der Waals surface area contributed by atoms with Crippen LogP contribution in [0.1, 0.15) is 36.0 Å². The molecule has 26 heavy (non-hydrogen) atoms. The number of anilines is 1. The molecular formula is C18H24FN3O4. The number of hydrogen-bond donors (Lipinski definition) is 3. The van der Waals surface area contributed by atoms with Crippen molar-refractivity contribution >= 4 is 17.6 Å². The number of rotatable bonds is 3. The van der Waals surface area contributed by atoms with Crippen molar-refractivity contribution in [2.45, 2.75) is 37.8 Å². The lowest BCUT2D eigenvalue weighted by atomic mass is 9.81. The van der Waals surface area contributed by atoms with Crippen LogP contribution >= 0.6 is 0 Å². The van der Waals surface area contributed by atoms with Gasteiger partial charge < -0.3 is 25.8 Å². The highest BCUT2D eigenvalue weighted by atomic mass is 19.1. The molecule has 0 spiro atoms. The molecule has 0 aromatic heterocycles. The van der Waals surface area contributed by atoms with Gasteiger partial charge in [0, 0.05) is 18.2 Å². The number of morpholine rings is 1. The smallest absolute Gasteiger partial charge is 0.322 e. The minimum atomic E-state index is -0.895. The lowest BCUT2D eigenvalue weighted by Gasteiger charge is -2.43. The number of primary amides is 1. The van der Waals surface area contributed by atoms with E-state index in [4.69, 9.17) is 10.5 Å². The Kier molecular flexibility index (Phi) is 5.73. The van der Waals surface area contributed by atoms with Gasteiger partial charge in [0.15, 0.2) is 0 Å². The number of ether oxygens (including phenoxy) is 1. The van der Waals surface area contributed by atoms with Crippen molar-refractivity contribution in [1.82, 2.24) is 4.90 Å². The van der Waals surface area contributed by atoms with Crippen molar-refractivity contribution in [2.75, 3.05) is 25.1 Å². The zero-order valence-corrected chi connectivity index (χ0v) is 14.5. The molecule has 0 bridgehead atoms. The highest BCUT2D eigenvalue weighted by Crippen LogP contribution is 2.31. The van der Waals surface area contributed by atoms with Gasteiger partial charge in [0.25, 0.3) is 5.91 Å². The highest BCUT2D eigenvalue weighted by Gasteiger charge is 2.38. The summed E-state index contributed by atoms with van der Waals surface area (Å²) in [6.45, 7) is 1.21. The van der Waals surface area contributed by atoms with Gasteiger partial charge >= 0.3 is 6.03 Å². The number of nitrogens with zero attached hydrogens (tertiary/aromatic N) is 1. The monoisotopic (exact) mass is 365 g/mol. The average molecular weight is 365 g/mol. The van der Waals surface area contributed by atoms with Gasteiger partial charge in [0.2, 0.25) is 0 Å². The fourth-order valence-electron chi connectivity index (χ4n) is 3.81. The number of amides is 3. The maximum Gasteiger partial charge on any atom is 0.322 e. The number of nitrogens with two attached hydrogens (primary N) is 1. The van der Waals surface area contributed by atoms with Gasteiger partial charge in [0.05, 0.1) is 30.9 Å². The van der Waals surface area contributed by atoms with Crippen LogP contribution in [0.3, 0.4) is 0 Å². The molecule has 2 fully saturated rings. The largest absolute Gasteiger partial charge is 0.393 e. The third-order valence-electron chi connectivity index (χ3n) is 5.19. The fraction of sp³-hybridized carbons (Fsp3) is 0.556. The first-order chi connectivity index (χ1) is 12.5. The normalized spacial score (nSPS) is 26.4. The fourth-order valence-corrected chi connectivity index (χ4v) is 3.81. The highest BCUT2D eigenvalue weighted by molar-refractivity contribution is 5.96. The van der Waals surface area contributed by atoms with Crippen LogP contribution < -0.4 is 11.1 Å². The van der Waals surface area contributed by atoms with Gasteiger partial charge in [-0.15, -0.1) is 0 Å². The van der Waals surface area contributed by atoms with Gasteiger partial charge in [0.1, 0.15) is 5.82 Å². The minimum Gasteiger partial charge on any atom is -0.393 e. The molecule has 1 saturated carbocycles. The number of aliphatic hydroxyl groups is 1. The van der Waals surface area contributed by atoms with Crippen LogP contribution in [0.25, 0.3) is 0 Å². The molecule has 1 aromatic rings. The lowest BCUT2D eigenvalue weighted by molar-refractivity contribution is -0.0492. The molecule has 1 aromatic carbocycles. The third-order valence-corrected chi connectivity index (χ3v) is 5.19. The molecule has 1 heterocycles. The molecule has 7 nitrogen and oxygen atoms in total. The molecule has 0 radical (unpaired) electrons. The molecule has 3 unspecified atom stereocenters. The van der Waals surface area contributed by atoms with Crippen LogP contribution in [-0.2, 0) is 4.74 Å². The van der Waals surface area contributed by atoms with Gasteiger partial charge in [-0.25, -0.2) is 9.18 Å². The van der Waals surface area contributed by atoms with E-state index in [0.717, 1.165) is 31.7 Å². The Labute approximate surface area is 151 Å². The zero-order chi connectivity index (χ0) is 18.7. The molecule has 3 amide bonds. The molecule has 3 atom stereocenters. The van der Waals surface area contributed by atoms with E-state index in [1.54, 1.807) is 4.90 Å². The first-order valence-corrected chi connectivity index (χ1v) is 8.90. The Morgan fingerprint density at radius 3 is 2.81 bits per heavy atom. The number of nitrogens with one attached hydrogen (secondary N) is 1. The predicted octanol–water partition coefficient (Wildman–Crippen LogP) is 1.71. The van der Waals surface area contributed by atoms with E-state index in [1.807, 2.05) is 0 Å². The molecule has 8 heteroatoms. The summed E-state index contributed by atoms with van der Waals surface area (Å²) in [4.78, 5) is 25.7. The van der Waals surface area contributed by atoms with Gasteiger partial charge in [-0.1, -0.05) is 12.8 Å². The molecule has 142 valence electrons. The number of benzene rings is 1. The Bertz CT molecular complexity index is 684. The lowest BCUT2D eigenvalue weighted by Crippen LogP contribution is -2.56. The zero-order valence-electron chi connectivity index (χ0n) is 14.5. The van der Waals surface area contributed by atoms with Gasteiger partial charge in [-0.3, -0.25) is 4.79 Å². The molecule has 1 saturated heterocycles. The van der Waals surface area contributed by atoms with Crippen molar-refractivity contribution in [3.05, 3.63) is 29.6 Å². The van der Waals surface area contributed by atoms with Crippen molar-refractivity contribution in [3.63, 3.8) is 0 Å². The van der Waals surface area contributed by atoms with Crippen LogP contribution in [0.15, 0.2) is 18.2 Å². The molecule has 4 N–H and O–H groups in total. The second-order valence-electron chi connectivity index (χ2n) is 6.84. The number of carbonyl (C=O) groups excluding carboxylic acids is 2. The van der Waals surface area contributed by atoms with E-state index in [-0.39, 0.29) is 23.6 Å². The number of aliphatic hydroxyl groups excluding tert-OH is 1. The molecule has 2 aliphatic rings. The van der Waals surface area contributed by atoms with Gasteiger partial charge in [-0.05, 0) is 31.0 Å². The van der Waals surface area contributed by atoms with Crippen LogP contribution in [0.2, 0.25) is 0 Å². The van der Waals surface area contributed by atoms with E-state index in [0.29, 0.717) is 25.4 Å². The quantitative estimate of drug-likeness (QED) is 0.758. The average Bonchev–Trinajstić information content (AvgIpc) is 2.63. The van der Waals surface area contributed by atoms with E-state index in [9.17, 15) is 19.1 Å². The second kappa shape index (κ2) is 8.01. The summed E-state index contributed by atoms with van der Waals surface area (Å²) in [5.74, 6) is -1.65. The number of hydrogen-bond acceptors (Lipinski definition) is 4. The van der Waals surface area contributed by atoms with Crippen molar-refractivity contribution < 1.29 is 23.8 Å². The first-order valence-electron chi connectivity index (χ1n) is 8.90. The van der Waals surface area contributed by atoms with E-state index in [1.165, 1.54) is 12.1 Å². The molecule has 1 aliphatic carbocycles. The van der Waals surface area contributed by atoms with E-state index < -0.39 is 17.8 Å². The Morgan fingerprint density at radius 1 is 1.31 bits per heavy atom. The topological polar surface area (TPSA) is 105 Å².